The number of aliphatic hydroxyl groups is 4. The zero-order valence-electron chi connectivity index (χ0n) is 41.5. The molecule has 0 amide bonds. The number of phenolic OH excluding ortho intramolecular Hbond substituents is 1. The highest BCUT2D eigenvalue weighted by molar-refractivity contribution is 5.89. The molecule has 3 heterocycles. The maximum absolute atomic E-state index is 15.5. The van der Waals surface area contributed by atoms with Crippen LogP contribution < -0.4 is 10.1 Å². The molecule has 2 saturated carbocycles. The first-order valence-corrected chi connectivity index (χ1v) is 26.3. The number of ketones is 1. The fourth-order valence-corrected chi connectivity index (χ4v) is 13.0. The molecule has 0 radical (unpaired) electrons. The number of hydrogen-bond donors (Lipinski definition) is 6. The van der Waals surface area contributed by atoms with Gasteiger partial charge in [0.25, 0.3) is 0 Å². The molecule has 3 aromatic carbocycles. The summed E-state index contributed by atoms with van der Waals surface area (Å²) in [7, 11) is 0. The number of hydrogen-bond acceptors (Lipinski definition) is 11. The number of nitrogens with one attached hydrogen (secondary N) is 1. The van der Waals surface area contributed by atoms with Crippen molar-refractivity contribution in [1.82, 2.24) is 0 Å². The van der Waals surface area contributed by atoms with Crippen LogP contribution in [0.5, 0.6) is 11.5 Å². The van der Waals surface area contributed by atoms with Gasteiger partial charge in [-0.2, -0.15) is 0 Å². The molecule has 3 aliphatic heterocycles. The fraction of sp³-hybridized carbons (Fsp3) is 0.517. The van der Waals surface area contributed by atoms with Gasteiger partial charge in [0.2, 0.25) is 0 Å². The lowest BCUT2D eigenvalue weighted by atomic mass is 9.53. The zero-order valence-corrected chi connectivity index (χ0v) is 41.5. The van der Waals surface area contributed by atoms with Crippen LogP contribution in [-0.2, 0) is 51.4 Å². The van der Waals surface area contributed by atoms with E-state index in [1.165, 1.54) is 0 Å². The molecule has 0 aromatic heterocycles. The largest absolute Gasteiger partial charge is 0.507 e. The molecule has 2 fully saturated rings. The molecule has 0 unspecified atom stereocenters. The highest BCUT2D eigenvalue weighted by Gasteiger charge is 2.59. The van der Waals surface area contributed by atoms with Gasteiger partial charge in [-0.15, -0.1) is 0 Å². The Morgan fingerprint density at radius 3 is 2.48 bits per heavy atom. The number of benzene rings is 3. The summed E-state index contributed by atoms with van der Waals surface area (Å²) in [5.74, 6) is 2.94. The predicted octanol–water partition coefficient (Wildman–Crippen LogP) is 8.90. The minimum absolute atomic E-state index is 0.0406. The maximum atomic E-state index is 15.5. The van der Waals surface area contributed by atoms with Gasteiger partial charge in [-0.25, -0.2) is 4.79 Å². The van der Waals surface area contributed by atoms with E-state index in [9.17, 15) is 35.1 Å². The zero-order chi connectivity index (χ0) is 50.0. The van der Waals surface area contributed by atoms with Crippen molar-refractivity contribution in [3.63, 3.8) is 0 Å². The Hall–Kier alpha value is -5.51. The molecule has 0 saturated heterocycles. The number of carbonyl (C=O) groups is 3. The molecule has 71 heavy (non-hydrogen) atoms. The molecule has 3 aromatic rings. The molecule has 0 spiro atoms. The smallest absolute Gasteiger partial charge is 0.334 e. The van der Waals surface area contributed by atoms with Crippen molar-refractivity contribution in [2.45, 2.75) is 165 Å². The summed E-state index contributed by atoms with van der Waals surface area (Å²) in [4.78, 5) is 43.4. The molecule has 11 atom stereocenters. The molecule has 6 N–H and O–H groups in total. The van der Waals surface area contributed by atoms with E-state index in [0.29, 0.717) is 66.3 Å². The third-order valence-electron chi connectivity index (χ3n) is 16.6. The first-order chi connectivity index (χ1) is 34.3. The van der Waals surface area contributed by atoms with Gasteiger partial charge < -0.3 is 40.3 Å². The average Bonchev–Trinajstić information content (AvgIpc) is 3.36. The van der Waals surface area contributed by atoms with Crippen molar-refractivity contribution in [2.75, 3.05) is 11.9 Å². The van der Waals surface area contributed by atoms with E-state index in [1.807, 2.05) is 73.7 Å². The second-order valence-corrected chi connectivity index (χ2v) is 21.2. The normalized spacial score (nSPS) is 30.4. The standard InChI is InChI=1S/C60H71NO10/c1-4-6-8-16-47-44(34-62)27-41(30-52(47)61-33-35(3)63)39-17-18-40-32-55(66)71-58-49(40)29-42(57(67)56(58)38-14-9-7-10-15-38)31-54-60(69)45(5-2)19-20-48-50(53(65)22-21-51(48)60)25-37-13-11-12-36(23-37)24-46(64)28-43(26-39)59(68)70-54/h7,9-14,23,27-30,35,38-40,45-46,48,50-51,54,61-64,67,69H,4-6,8,15-16,19-22,24-26,31-34H2,1-3H3/b43-28-/t35-,38+,39+,40-,45-,46+,48-,50-,51+,54+,60-/m0/s1. The number of aromatic hydroxyl groups is 1. The van der Waals surface area contributed by atoms with E-state index in [0.717, 1.165) is 48.1 Å². The summed E-state index contributed by atoms with van der Waals surface area (Å²) < 4.78 is 13.0. The van der Waals surface area contributed by atoms with E-state index in [1.54, 1.807) is 13.0 Å². The lowest BCUT2D eigenvalue weighted by Gasteiger charge is -2.56. The monoisotopic (exact) mass is 966 g/mol. The van der Waals surface area contributed by atoms with Gasteiger partial charge in [0.05, 0.1) is 31.2 Å². The average molecular weight is 966 g/mol. The number of phenols is 1. The van der Waals surface area contributed by atoms with E-state index < -0.39 is 53.6 Å². The Balaban J connectivity index is 1.29. The third-order valence-corrected chi connectivity index (χ3v) is 16.6. The Kier molecular flexibility index (Phi) is 15.4. The third kappa shape index (κ3) is 10.4. The number of fused-ring (bicyclic) bond motifs is 7. The SMILES string of the molecule is CCCCCc1c(CO)cc([C@@H]2C#C[C@H]3CC(=O)Oc4c3cc(c(O)c4[C@@H]3C=CC=CC3)C[C@H]3OC(=O)/C(=C\[C@H](O)Cc4cccc(c4)C[C@@H]4C(=O)CC[C@@H]5[C@H]4CC[C@H](CC)[C@]53O)C2)cc1NC[C@H](C)O. The van der Waals surface area contributed by atoms with Gasteiger partial charge in [0, 0.05) is 65.9 Å². The van der Waals surface area contributed by atoms with Crippen LogP contribution in [0.3, 0.4) is 0 Å². The van der Waals surface area contributed by atoms with Crippen LogP contribution in [0, 0.1) is 35.5 Å². The molecular formula is C60H71NO10. The van der Waals surface area contributed by atoms with Crippen molar-refractivity contribution in [3.05, 3.63) is 123 Å². The fourth-order valence-electron chi connectivity index (χ4n) is 13.0. The van der Waals surface area contributed by atoms with Crippen LogP contribution in [0.4, 0.5) is 5.69 Å². The summed E-state index contributed by atoms with van der Waals surface area (Å²) >= 11 is 0. The van der Waals surface area contributed by atoms with Crippen molar-refractivity contribution >= 4 is 23.4 Å². The van der Waals surface area contributed by atoms with Crippen LogP contribution in [0.15, 0.2) is 78.4 Å². The highest BCUT2D eigenvalue weighted by Crippen LogP contribution is 2.55. The first kappa shape index (κ1) is 50.4. The number of allylic oxidation sites excluding steroid dienone is 4. The van der Waals surface area contributed by atoms with Gasteiger partial charge in [-0.1, -0.05) is 99.6 Å². The van der Waals surface area contributed by atoms with E-state index in [4.69, 9.17) is 9.47 Å². The number of rotatable bonds is 11. The molecule has 9 rings (SSSR count). The van der Waals surface area contributed by atoms with Crippen molar-refractivity contribution in [3.8, 4) is 23.3 Å². The lowest BCUT2D eigenvalue weighted by molar-refractivity contribution is -0.212. The molecule has 10 bridgehead atoms. The Bertz CT molecular complexity index is 2670. The number of unbranched alkanes of at least 4 members (excludes halogenated alkanes) is 2. The number of ether oxygens (including phenoxy) is 2. The number of aliphatic hydroxyl groups excluding tert-OH is 3. The summed E-state index contributed by atoms with van der Waals surface area (Å²) in [5, 5.41) is 63.4. The molecule has 11 nitrogen and oxygen atoms in total. The Morgan fingerprint density at radius 1 is 0.930 bits per heavy atom. The Morgan fingerprint density at radius 2 is 1.73 bits per heavy atom. The molecule has 6 aliphatic rings. The van der Waals surface area contributed by atoms with Crippen molar-refractivity contribution in [1.29, 1.82) is 0 Å². The van der Waals surface area contributed by atoms with Gasteiger partial charge in [0.15, 0.2) is 0 Å². The highest BCUT2D eigenvalue weighted by atomic mass is 16.6. The minimum Gasteiger partial charge on any atom is -0.507 e. The second-order valence-electron chi connectivity index (χ2n) is 21.2. The number of Topliss-reactive ketones (excluding diaryl/α,β-unsaturated/α-hetero) is 1. The number of anilines is 1. The lowest BCUT2D eigenvalue weighted by Crippen LogP contribution is -2.63. The van der Waals surface area contributed by atoms with Crippen LogP contribution in [0.25, 0.3) is 0 Å². The number of esters is 2. The summed E-state index contributed by atoms with van der Waals surface area (Å²) in [6.07, 6.45) is 13.5. The van der Waals surface area contributed by atoms with Gasteiger partial charge >= 0.3 is 11.9 Å². The van der Waals surface area contributed by atoms with E-state index >= 15 is 4.79 Å². The van der Waals surface area contributed by atoms with Crippen molar-refractivity contribution < 1.29 is 49.4 Å². The van der Waals surface area contributed by atoms with E-state index in [2.05, 4.69) is 24.1 Å². The Labute approximate surface area is 418 Å². The summed E-state index contributed by atoms with van der Waals surface area (Å²) in [5.41, 5.74) is 4.83. The van der Waals surface area contributed by atoms with Gasteiger partial charge in [-0.05, 0) is 128 Å². The molecule has 11 heteroatoms. The quantitative estimate of drug-likeness (QED) is 0.0467. The second kappa shape index (κ2) is 21.7. The molecule has 3 aliphatic carbocycles. The first-order valence-electron chi connectivity index (χ1n) is 26.3. The minimum atomic E-state index is -1.63. The van der Waals surface area contributed by atoms with E-state index in [-0.39, 0.29) is 91.8 Å². The van der Waals surface area contributed by atoms with Gasteiger partial charge in [-0.3, -0.25) is 9.59 Å². The number of carbonyl (C=O) groups excluding carboxylic acids is 3. The molecular weight excluding hydrogens is 895 g/mol. The predicted molar refractivity (Wildman–Crippen MR) is 272 cm³/mol. The summed E-state index contributed by atoms with van der Waals surface area (Å²) in [6.45, 7) is 5.86. The van der Waals surface area contributed by atoms with Crippen LogP contribution in [0.1, 0.15) is 154 Å². The maximum Gasteiger partial charge on any atom is 0.334 e. The van der Waals surface area contributed by atoms with Gasteiger partial charge in [0.1, 0.15) is 29.0 Å². The van der Waals surface area contributed by atoms with Crippen molar-refractivity contribution in [2.24, 2.45) is 23.7 Å². The van der Waals surface area contributed by atoms with Crippen LogP contribution in [0.2, 0.25) is 0 Å². The molecule has 376 valence electrons. The summed E-state index contributed by atoms with van der Waals surface area (Å²) in [6, 6.07) is 13.6. The van der Waals surface area contributed by atoms with Crippen LogP contribution >= 0.6 is 0 Å². The topological polar surface area (TPSA) is 183 Å². The van der Waals surface area contributed by atoms with Crippen LogP contribution in [-0.4, -0.2) is 73.7 Å².